The lowest BCUT2D eigenvalue weighted by atomic mass is 9.88. The summed E-state index contributed by atoms with van der Waals surface area (Å²) in [7, 11) is 0. The van der Waals surface area contributed by atoms with E-state index in [1.807, 2.05) is 0 Å². The Labute approximate surface area is 56.4 Å². The van der Waals surface area contributed by atoms with Crippen molar-refractivity contribution in [3.05, 3.63) is 12.7 Å². The summed E-state index contributed by atoms with van der Waals surface area (Å²) in [6.07, 6.45) is 6.94. The Morgan fingerprint density at radius 3 is 2.22 bits per heavy atom. The molecule has 0 unspecified atom stereocenters. The summed E-state index contributed by atoms with van der Waals surface area (Å²) >= 11 is 0. The zero-order chi connectivity index (χ0) is 6.69. The molecule has 1 aliphatic carbocycles. The lowest BCUT2D eigenvalue weighted by Gasteiger charge is -2.16. The number of rotatable bonds is 1. The van der Waals surface area contributed by atoms with Crippen LogP contribution in [-0.4, -0.2) is 11.2 Å². The summed E-state index contributed by atoms with van der Waals surface area (Å²) < 4.78 is 0. The molecule has 1 saturated carbocycles. The van der Waals surface area contributed by atoms with E-state index in [1.54, 1.807) is 0 Å². The molecule has 0 saturated heterocycles. The highest BCUT2D eigenvalue weighted by molar-refractivity contribution is 4.77. The second kappa shape index (κ2) is 2.95. The molecule has 0 amide bonds. The predicted molar refractivity (Wildman–Crippen MR) is 36.8 cm³/mol. The smallest absolute Gasteiger partial charge is 0.217 e. The molecular formula is C8H13O+. The van der Waals surface area contributed by atoms with E-state index < -0.39 is 0 Å². The fraction of sp³-hybridized carbons (Fsp3) is 0.750. The minimum absolute atomic E-state index is 0.0467. The van der Waals surface area contributed by atoms with E-state index in [2.05, 4.69) is 12.7 Å². The minimum Gasteiger partial charge on any atom is -0.393 e. The quantitative estimate of drug-likeness (QED) is 0.527. The van der Waals surface area contributed by atoms with E-state index in [4.69, 9.17) is 5.11 Å². The molecule has 0 aromatic carbocycles. The Morgan fingerprint density at radius 1 is 1.22 bits per heavy atom. The second-order valence-corrected chi connectivity index (χ2v) is 2.71. The van der Waals surface area contributed by atoms with Crippen LogP contribution in [0.25, 0.3) is 0 Å². The van der Waals surface area contributed by atoms with Gasteiger partial charge in [0.1, 0.15) is 6.58 Å². The molecule has 1 rings (SSSR count). The van der Waals surface area contributed by atoms with E-state index in [0.717, 1.165) is 25.7 Å². The van der Waals surface area contributed by atoms with E-state index in [9.17, 15) is 0 Å². The van der Waals surface area contributed by atoms with E-state index >= 15 is 0 Å². The summed E-state index contributed by atoms with van der Waals surface area (Å²) in [6.45, 7) is 3.60. The van der Waals surface area contributed by atoms with Crippen LogP contribution in [-0.2, 0) is 0 Å². The molecule has 0 spiro atoms. The molecule has 0 heterocycles. The van der Waals surface area contributed by atoms with Crippen molar-refractivity contribution in [1.82, 2.24) is 0 Å². The van der Waals surface area contributed by atoms with Crippen LogP contribution in [0.2, 0.25) is 0 Å². The summed E-state index contributed by atoms with van der Waals surface area (Å²) in [5.41, 5.74) is 0. The van der Waals surface area contributed by atoms with Crippen LogP contribution < -0.4 is 0 Å². The first-order valence-electron chi connectivity index (χ1n) is 3.53. The SMILES string of the molecule is C=[C+]C1CCC(O)CC1. The van der Waals surface area contributed by atoms with Gasteiger partial charge in [-0.25, -0.2) is 0 Å². The first-order chi connectivity index (χ1) is 4.33. The Bertz CT molecular complexity index is 90.7. The van der Waals surface area contributed by atoms with Gasteiger partial charge >= 0.3 is 0 Å². The molecule has 0 aliphatic heterocycles. The molecule has 50 valence electrons. The average molecular weight is 125 g/mol. The van der Waals surface area contributed by atoms with Crippen molar-refractivity contribution in [1.29, 1.82) is 0 Å². The van der Waals surface area contributed by atoms with Gasteiger partial charge in [0.15, 0.2) is 5.92 Å². The normalized spacial score (nSPS) is 35.7. The number of allylic oxidation sites excluding steroid dienone is 1. The fourth-order valence-corrected chi connectivity index (χ4v) is 1.28. The minimum atomic E-state index is -0.0467. The number of hydrogen-bond acceptors (Lipinski definition) is 1. The molecule has 0 aromatic heterocycles. The van der Waals surface area contributed by atoms with Crippen LogP contribution >= 0.6 is 0 Å². The van der Waals surface area contributed by atoms with E-state index in [1.165, 1.54) is 0 Å². The van der Waals surface area contributed by atoms with Crippen molar-refractivity contribution >= 4 is 0 Å². The van der Waals surface area contributed by atoms with Gasteiger partial charge in [-0.2, -0.15) is 0 Å². The van der Waals surface area contributed by atoms with Gasteiger partial charge in [-0.3, -0.25) is 0 Å². The predicted octanol–water partition coefficient (Wildman–Crippen LogP) is 1.53. The maximum atomic E-state index is 9.07. The Balaban J connectivity index is 2.26. The molecule has 1 heteroatoms. The third kappa shape index (κ3) is 1.78. The van der Waals surface area contributed by atoms with Crippen molar-refractivity contribution in [2.75, 3.05) is 0 Å². The van der Waals surface area contributed by atoms with Crippen LogP contribution in [0.15, 0.2) is 6.58 Å². The highest BCUT2D eigenvalue weighted by Gasteiger charge is 2.23. The van der Waals surface area contributed by atoms with Crippen LogP contribution in [0.1, 0.15) is 25.7 Å². The van der Waals surface area contributed by atoms with Crippen LogP contribution in [0.4, 0.5) is 0 Å². The van der Waals surface area contributed by atoms with Crippen molar-refractivity contribution in [3.63, 3.8) is 0 Å². The first-order valence-corrected chi connectivity index (χ1v) is 3.53. The highest BCUT2D eigenvalue weighted by Crippen LogP contribution is 2.23. The van der Waals surface area contributed by atoms with Gasteiger partial charge in [0, 0.05) is 12.8 Å². The van der Waals surface area contributed by atoms with Gasteiger partial charge < -0.3 is 5.11 Å². The Hall–Kier alpha value is -0.390. The fourth-order valence-electron chi connectivity index (χ4n) is 1.28. The number of hydrogen-bond donors (Lipinski definition) is 1. The van der Waals surface area contributed by atoms with Crippen molar-refractivity contribution in [3.8, 4) is 0 Å². The van der Waals surface area contributed by atoms with Crippen LogP contribution in [0.3, 0.4) is 0 Å². The maximum absolute atomic E-state index is 9.07. The lowest BCUT2D eigenvalue weighted by Crippen LogP contribution is -2.16. The molecule has 1 nitrogen and oxygen atoms in total. The largest absolute Gasteiger partial charge is 0.393 e. The van der Waals surface area contributed by atoms with Gasteiger partial charge in [-0.15, -0.1) is 0 Å². The molecule has 1 aliphatic rings. The van der Waals surface area contributed by atoms with E-state index in [-0.39, 0.29) is 6.10 Å². The Morgan fingerprint density at radius 2 is 1.78 bits per heavy atom. The molecule has 0 radical (unpaired) electrons. The van der Waals surface area contributed by atoms with Crippen molar-refractivity contribution in [2.45, 2.75) is 31.8 Å². The first kappa shape index (κ1) is 6.73. The zero-order valence-corrected chi connectivity index (χ0v) is 5.64. The van der Waals surface area contributed by atoms with E-state index in [0.29, 0.717) is 5.92 Å². The maximum Gasteiger partial charge on any atom is 0.217 e. The van der Waals surface area contributed by atoms with Gasteiger partial charge in [0.25, 0.3) is 0 Å². The third-order valence-electron chi connectivity index (χ3n) is 1.99. The number of aliphatic hydroxyl groups is 1. The average Bonchev–Trinajstić information content (AvgIpc) is 1.90. The molecule has 1 N–H and O–H groups in total. The standard InChI is InChI=1S/C8H13O/c1-2-7-3-5-8(9)6-4-7/h7-9H,1,3-6H2/q+1. The zero-order valence-electron chi connectivity index (χ0n) is 5.64. The monoisotopic (exact) mass is 125 g/mol. The second-order valence-electron chi connectivity index (χ2n) is 2.71. The third-order valence-corrected chi connectivity index (χ3v) is 1.99. The molecule has 1 fully saturated rings. The molecule has 0 aromatic rings. The summed E-state index contributed by atoms with van der Waals surface area (Å²) in [6, 6.07) is 0. The summed E-state index contributed by atoms with van der Waals surface area (Å²) in [4.78, 5) is 0. The van der Waals surface area contributed by atoms with Gasteiger partial charge in [0.2, 0.25) is 6.08 Å². The van der Waals surface area contributed by atoms with Crippen LogP contribution in [0, 0.1) is 12.0 Å². The molecule has 9 heavy (non-hydrogen) atoms. The van der Waals surface area contributed by atoms with Crippen molar-refractivity contribution < 1.29 is 5.11 Å². The topological polar surface area (TPSA) is 20.2 Å². The molecule has 0 atom stereocenters. The summed E-state index contributed by atoms with van der Waals surface area (Å²) in [5.74, 6) is 0.549. The lowest BCUT2D eigenvalue weighted by molar-refractivity contribution is 0.117. The van der Waals surface area contributed by atoms with Gasteiger partial charge in [0.05, 0.1) is 6.10 Å². The van der Waals surface area contributed by atoms with Gasteiger partial charge in [-0.05, 0) is 12.8 Å². The number of aliphatic hydroxyl groups excluding tert-OH is 1. The highest BCUT2D eigenvalue weighted by atomic mass is 16.3. The summed E-state index contributed by atoms with van der Waals surface area (Å²) in [5, 5.41) is 9.07. The molecule has 0 bridgehead atoms. The van der Waals surface area contributed by atoms with Gasteiger partial charge in [-0.1, -0.05) is 0 Å². The molecular weight excluding hydrogens is 112 g/mol. The Kier molecular flexibility index (Phi) is 2.21. The van der Waals surface area contributed by atoms with Crippen molar-refractivity contribution in [2.24, 2.45) is 5.92 Å². The van der Waals surface area contributed by atoms with Crippen LogP contribution in [0.5, 0.6) is 0 Å².